The van der Waals surface area contributed by atoms with Gasteiger partial charge < -0.3 is 10.2 Å². The molecule has 2 aromatic rings. The highest BCUT2D eigenvalue weighted by Crippen LogP contribution is 2.18. The topological polar surface area (TPSA) is 58.1 Å². The molecule has 1 amide bonds. The summed E-state index contributed by atoms with van der Waals surface area (Å²) in [5, 5.41) is 3.98. The number of nitrogens with zero attached hydrogens (tertiary/aromatic N) is 3. The zero-order chi connectivity index (χ0) is 17.8. The highest BCUT2D eigenvalue weighted by atomic mass is 35.5. The van der Waals surface area contributed by atoms with Crippen LogP contribution < -0.4 is 5.32 Å². The Bertz CT molecular complexity index is 748. The largest absolute Gasteiger partial charge is 0.366 e. The van der Waals surface area contributed by atoms with Crippen LogP contribution in [0.25, 0.3) is 0 Å². The Morgan fingerprint density at radius 2 is 2.08 bits per heavy atom. The molecular formula is C19H23ClN4O. The Morgan fingerprint density at radius 1 is 1.32 bits per heavy atom. The van der Waals surface area contributed by atoms with E-state index in [9.17, 15) is 4.79 Å². The van der Waals surface area contributed by atoms with E-state index in [0.29, 0.717) is 34.8 Å². The quantitative estimate of drug-likeness (QED) is 0.899. The molecule has 0 bridgehead atoms. The van der Waals surface area contributed by atoms with E-state index < -0.39 is 0 Å². The molecule has 1 aromatic carbocycles. The minimum atomic E-state index is -0.00778. The standard InChI is InChI=1S/C19H23ClN4O/c1-13-4-3-9-24(12-13)19(25)17-10-18(23-14(2)22-17)21-11-15-5-7-16(20)8-6-15/h5-8,10,13H,3-4,9,11-12H2,1-2H3,(H,21,22,23). The van der Waals surface area contributed by atoms with Crippen LogP contribution in [0.2, 0.25) is 5.02 Å². The Balaban J connectivity index is 1.71. The van der Waals surface area contributed by atoms with Gasteiger partial charge in [-0.1, -0.05) is 30.7 Å². The van der Waals surface area contributed by atoms with Gasteiger partial charge in [-0.2, -0.15) is 0 Å². The van der Waals surface area contributed by atoms with E-state index in [1.165, 1.54) is 6.42 Å². The number of amides is 1. The third kappa shape index (κ3) is 4.69. The van der Waals surface area contributed by atoms with Gasteiger partial charge >= 0.3 is 0 Å². The lowest BCUT2D eigenvalue weighted by Gasteiger charge is -2.30. The number of piperidine rings is 1. The third-order valence-corrected chi connectivity index (χ3v) is 4.64. The molecule has 1 saturated heterocycles. The molecule has 1 fully saturated rings. The Labute approximate surface area is 153 Å². The number of halogens is 1. The minimum Gasteiger partial charge on any atom is -0.366 e. The SMILES string of the molecule is Cc1nc(NCc2ccc(Cl)cc2)cc(C(=O)N2CCCC(C)C2)n1. The molecule has 5 nitrogen and oxygen atoms in total. The maximum absolute atomic E-state index is 12.8. The number of aryl methyl sites for hydroxylation is 1. The summed E-state index contributed by atoms with van der Waals surface area (Å²) in [4.78, 5) is 23.4. The minimum absolute atomic E-state index is 0.00778. The van der Waals surface area contributed by atoms with Crippen molar-refractivity contribution in [1.29, 1.82) is 0 Å². The number of carbonyl (C=O) groups excluding carboxylic acids is 1. The van der Waals surface area contributed by atoms with E-state index in [1.807, 2.05) is 36.1 Å². The fourth-order valence-electron chi connectivity index (χ4n) is 3.10. The van der Waals surface area contributed by atoms with Crippen molar-refractivity contribution in [3.63, 3.8) is 0 Å². The first kappa shape index (κ1) is 17.7. The van der Waals surface area contributed by atoms with Crippen molar-refractivity contribution in [2.45, 2.75) is 33.2 Å². The molecule has 1 aromatic heterocycles. The molecule has 1 aliphatic heterocycles. The first-order valence-corrected chi connectivity index (χ1v) is 9.02. The van der Waals surface area contributed by atoms with Gasteiger partial charge in [0.2, 0.25) is 0 Å². The predicted octanol–water partition coefficient (Wildman–Crippen LogP) is 3.92. The summed E-state index contributed by atoms with van der Waals surface area (Å²) < 4.78 is 0. The van der Waals surface area contributed by atoms with E-state index in [4.69, 9.17) is 11.6 Å². The number of nitrogens with one attached hydrogen (secondary N) is 1. The van der Waals surface area contributed by atoms with Crippen molar-refractivity contribution in [2.75, 3.05) is 18.4 Å². The number of aromatic nitrogens is 2. The molecule has 1 aliphatic rings. The van der Waals surface area contributed by atoms with E-state index in [1.54, 1.807) is 6.07 Å². The normalized spacial score (nSPS) is 17.4. The summed E-state index contributed by atoms with van der Waals surface area (Å²) in [6.07, 6.45) is 2.24. The molecule has 0 spiro atoms. The molecule has 132 valence electrons. The zero-order valence-electron chi connectivity index (χ0n) is 14.6. The number of anilines is 1. The second-order valence-electron chi connectivity index (χ2n) is 6.66. The number of hydrogen-bond acceptors (Lipinski definition) is 4. The number of benzene rings is 1. The van der Waals surface area contributed by atoms with E-state index in [-0.39, 0.29) is 5.91 Å². The van der Waals surface area contributed by atoms with Gasteiger partial charge in [-0.15, -0.1) is 0 Å². The average molecular weight is 359 g/mol. The molecule has 6 heteroatoms. The number of likely N-dealkylation sites (tertiary alicyclic amines) is 1. The van der Waals surface area contributed by atoms with Gasteiger partial charge in [0, 0.05) is 30.7 Å². The zero-order valence-corrected chi connectivity index (χ0v) is 15.4. The molecule has 0 aliphatic carbocycles. The Kier molecular flexibility index (Phi) is 5.53. The summed E-state index contributed by atoms with van der Waals surface area (Å²) in [7, 11) is 0. The highest BCUT2D eigenvalue weighted by molar-refractivity contribution is 6.30. The van der Waals surface area contributed by atoms with Gasteiger partial charge in [0.05, 0.1) is 0 Å². The summed E-state index contributed by atoms with van der Waals surface area (Å²) in [6, 6.07) is 9.38. The van der Waals surface area contributed by atoms with Gasteiger partial charge in [-0.05, 0) is 43.4 Å². The van der Waals surface area contributed by atoms with Crippen LogP contribution in [0.3, 0.4) is 0 Å². The monoisotopic (exact) mass is 358 g/mol. The maximum Gasteiger partial charge on any atom is 0.272 e. The smallest absolute Gasteiger partial charge is 0.272 e. The summed E-state index contributed by atoms with van der Waals surface area (Å²) in [5.74, 6) is 1.79. The van der Waals surface area contributed by atoms with Crippen LogP contribution in [0.15, 0.2) is 30.3 Å². The van der Waals surface area contributed by atoms with Crippen LogP contribution in [0.4, 0.5) is 5.82 Å². The second-order valence-corrected chi connectivity index (χ2v) is 7.10. The Morgan fingerprint density at radius 3 is 2.80 bits per heavy atom. The predicted molar refractivity (Wildman–Crippen MR) is 99.8 cm³/mol. The number of carbonyl (C=O) groups is 1. The van der Waals surface area contributed by atoms with Crippen LogP contribution in [-0.2, 0) is 6.54 Å². The van der Waals surface area contributed by atoms with Crippen LogP contribution >= 0.6 is 11.6 Å². The number of rotatable bonds is 4. The highest BCUT2D eigenvalue weighted by Gasteiger charge is 2.23. The third-order valence-electron chi connectivity index (χ3n) is 4.39. The lowest BCUT2D eigenvalue weighted by molar-refractivity contribution is 0.0676. The van der Waals surface area contributed by atoms with Crippen molar-refractivity contribution >= 4 is 23.3 Å². The van der Waals surface area contributed by atoms with Crippen LogP contribution in [0.5, 0.6) is 0 Å². The summed E-state index contributed by atoms with van der Waals surface area (Å²) >= 11 is 5.91. The van der Waals surface area contributed by atoms with Crippen molar-refractivity contribution in [3.8, 4) is 0 Å². The molecule has 1 N–H and O–H groups in total. The molecule has 0 radical (unpaired) electrons. The Hall–Kier alpha value is -2.14. The van der Waals surface area contributed by atoms with E-state index in [0.717, 1.165) is 25.1 Å². The van der Waals surface area contributed by atoms with Crippen LogP contribution in [-0.4, -0.2) is 33.9 Å². The van der Waals surface area contributed by atoms with Crippen molar-refractivity contribution in [2.24, 2.45) is 5.92 Å². The van der Waals surface area contributed by atoms with Gasteiger partial charge in [-0.3, -0.25) is 4.79 Å². The summed E-state index contributed by atoms with van der Waals surface area (Å²) in [5.41, 5.74) is 1.55. The van der Waals surface area contributed by atoms with Crippen molar-refractivity contribution in [1.82, 2.24) is 14.9 Å². The first-order chi connectivity index (χ1) is 12.0. The van der Waals surface area contributed by atoms with Crippen molar-refractivity contribution < 1.29 is 4.79 Å². The van der Waals surface area contributed by atoms with Crippen molar-refractivity contribution in [3.05, 3.63) is 52.4 Å². The van der Waals surface area contributed by atoms with E-state index >= 15 is 0 Å². The summed E-state index contributed by atoms with van der Waals surface area (Å²) in [6.45, 7) is 6.21. The van der Waals surface area contributed by atoms with Crippen LogP contribution in [0.1, 0.15) is 41.6 Å². The molecule has 25 heavy (non-hydrogen) atoms. The molecule has 2 heterocycles. The average Bonchev–Trinajstić information content (AvgIpc) is 2.60. The molecular weight excluding hydrogens is 336 g/mol. The fraction of sp³-hybridized carbons (Fsp3) is 0.421. The van der Waals surface area contributed by atoms with Gasteiger partial charge in [0.1, 0.15) is 17.3 Å². The second kappa shape index (κ2) is 7.83. The number of hydrogen-bond donors (Lipinski definition) is 1. The van der Waals surface area contributed by atoms with Gasteiger partial charge in [0.15, 0.2) is 0 Å². The fourth-order valence-corrected chi connectivity index (χ4v) is 3.22. The van der Waals surface area contributed by atoms with Crippen LogP contribution in [0, 0.1) is 12.8 Å². The first-order valence-electron chi connectivity index (χ1n) is 8.64. The molecule has 0 saturated carbocycles. The van der Waals surface area contributed by atoms with E-state index in [2.05, 4.69) is 22.2 Å². The van der Waals surface area contributed by atoms with Gasteiger partial charge in [0.25, 0.3) is 5.91 Å². The molecule has 1 atom stereocenters. The molecule has 3 rings (SSSR count). The maximum atomic E-state index is 12.8. The lowest BCUT2D eigenvalue weighted by Crippen LogP contribution is -2.39. The lowest BCUT2D eigenvalue weighted by atomic mass is 10.00. The molecule has 1 unspecified atom stereocenters. The van der Waals surface area contributed by atoms with Gasteiger partial charge in [-0.25, -0.2) is 9.97 Å².